The quantitative estimate of drug-likeness (QED) is 0.868. The molecule has 0 aliphatic carbocycles. The molecule has 0 unspecified atom stereocenters. The normalized spacial score (nSPS) is 10.1. The van der Waals surface area contributed by atoms with Crippen molar-refractivity contribution >= 4 is 23.0 Å². The maximum atomic E-state index is 5.92. The topological polar surface area (TPSA) is 21.3 Å². The van der Waals surface area contributed by atoms with Crippen LogP contribution in [0.1, 0.15) is 5.56 Å². The van der Waals surface area contributed by atoms with Gasteiger partial charge in [-0.15, -0.1) is 0 Å². The molecule has 0 saturated heterocycles. The Balaban J connectivity index is 2.19. The van der Waals surface area contributed by atoms with Crippen LogP contribution < -0.4 is 10.1 Å². The van der Waals surface area contributed by atoms with Gasteiger partial charge < -0.3 is 10.1 Å². The third kappa shape index (κ3) is 2.92. The number of aryl methyl sites for hydroxylation is 1. The van der Waals surface area contributed by atoms with Gasteiger partial charge in [0.1, 0.15) is 5.75 Å². The Morgan fingerprint density at radius 1 is 1.06 bits per heavy atom. The van der Waals surface area contributed by atoms with Crippen LogP contribution in [0.4, 0.5) is 11.4 Å². The summed E-state index contributed by atoms with van der Waals surface area (Å²) in [7, 11) is 1.66. The monoisotopic (exact) mass is 247 g/mol. The summed E-state index contributed by atoms with van der Waals surface area (Å²) in [6.07, 6.45) is 0. The molecule has 2 aromatic carbocycles. The van der Waals surface area contributed by atoms with Crippen LogP contribution in [0.5, 0.6) is 5.75 Å². The SMILES string of the molecule is COc1ccc(Nc2ccc(Cl)cc2C)cc1. The van der Waals surface area contributed by atoms with Crippen molar-refractivity contribution < 1.29 is 4.74 Å². The number of ether oxygens (including phenoxy) is 1. The van der Waals surface area contributed by atoms with Gasteiger partial charge in [0.2, 0.25) is 0 Å². The maximum absolute atomic E-state index is 5.92. The minimum atomic E-state index is 0.753. The summed E-state index contributed by atoms with van der Waals surface area (Å²) in [5.74, 6) is 0.850. The summed E-state index contributed by atoms with van der Waals surface area (Å²) < 4.78 is 5.11. The first-order chi connectivity index (χ1) is 8.19. The summed E-state index contributed by atoms with van der Waals surface area (Å²) in [5.41, 5.74) is 3.20. The van der Waals surface area contributed by atoms with Crippen LogP contribution in [-0.4, -0.2) is 7.11 Å². The zero-order chi connectivity index (χ0) is 12.3. The average molecular weight is 248 g/mol. The Morgan fingerprint density at radius 3 is 2.35 bits per heavy atom. The van der Waals surface area contributed by atoms with Gasteiger partial charge in [0, 0.05) is 16.4 Å². The molecule has 2 aromatic rings. The van der Waals surface area contributed by atoms with Crippen molar-refractivity contribution in [1.82, 2.24) is 0 Å². The minimum absolute atomic E-state index is 0.753. The Hall–Kier alpha value is -1.67. The van der Waals surface area contributed by atoms with Gasteiger partial charge in [0.05, 0.1) is 7.11 Å². The number of rotatable bonds is 3. The van der Waals surface area contributed by atoms with Gasteiger partial charge in [-0.05, 0) is 55.0 Å². The number of hydrogen-bond acceptors (Lipinski definition) is 2. The van der Waals surface area contributed by atoms with Gasteiger partial charge in [-0.3, -0.25) is 0 Å². The molecule has 0 atom stereocenters. The lowest BCUT2D eigenvalue weighted by Gasteiger charge is -2.10. The molecule has 0 radical (unpaired) electrons. The standard InChI is InChI=1S/C14H14ClNO/c1-10-9-11(15)3-8-14(10)16-12-4-6-13(17-2)7-5-12/h3-9,16H,1-2H3. The van der Waals surface area contributed by atoms with Crippen molar-refractivity contribution in [3.05, 3.63) is 53.1 Å². The number of anilines is 2. The molecule has 0 aliphatic rings. The summed E-state index contributed by atoms with van der Waals surface area (Å²) in [5, 5.41) is 4.09. The van der Waals surface area contributed by atoms with Gasteiger partial charge in [0.25, 0.3) is 0 Å². The number of benzene rings is 2. The second kappa shape index (κ2) is 5.11. The van der Waals surface area contributed by atoms with E-state index in [0.29, 0.717) is 0 Å². The van der Waals surface area contributed by atoms with Crippen LogP contribution in [0, 0.1) is 6.92 Å². The third-order valence-corrected chi connectivity index (χ3v) is 2.79. The first-order valence-corrected chi connectivity index (χ1v) is 5.74. The Kier molecular flexibility index (Phi) is 3.55. The van der Waals surface area contributed by atoms with Crippen LogP contribution in [0.25, 0.3) is 0 Å². The van der Waals surface area contributed by atoms with Gasteiger partial charge in [-0.2, -0.15) is 0 Å². The number of methoxy groups -OCH3 is 1. The number of halogens is 1. The molecule has 0 spiro atoms. The van der Waals surface area contributed by atoms with E-state index in [2.05, 4.69) is 5.32 Å². The molecule has 0 aliphatic heterocycles. The van der Waals surface area contributed by atoms with Crippen molar-refractivity contribution in [2.45, 2.75) is 6.92 Å². The highest BCUT2D eigenvalue weighted by Crippen LogP contribution is 2.24. The first-order valence-electron chi connectivity index (χ1n) is 5.36. The van der Waals surface area contributed by atoms with E-state index in [9.17, 15) is 0 Å². The highest BCUT2D eigenvalue weighted by molar-refractivity contribution is 6.30. The molecular formula is C14H14ClNO. The second-order valence-corrected chi connectivity index (χ2v) is 4.25. The molecule has 2 rings (SSSR count). The predicted molar refractivity (Wildman–Crippen MR) is 72.5 cm³/mol. The number of nitrogens with one attached hydrogen (secondary N) is 1. The van der Waals surface area contributed by atoms with E-state index in [4.69, 9.17) is 16.3 Å². The Morgan fingerprint density at radius 2 is 1.76 bits per heavy atom. The van der Waals surface area contributed by atoms with Crippen LogP contribution in [0.2, 0.25) is 5.02 Å². The van der Waals surface area contributed by atoms with Gasteiger partial charge in [0.15, 0.2) is 0 Å². The van der Waals surface area contributed by atoms with E-state index in [1.165, 1.54) is 0 Å². The van der Waals surface area contributed by atoms with E-state index < -0.39 is 0 Å². The highest BCUT2D eigenvalue weighted by atomic mass is 35.5. The van der Waals surface area contributed by atoms with Crippen molar-refractivity contribution in [1.29, 1.82) is 0 Å². The molecule has 0 saturated carbocycles. The Labute approximate surface area is 106 Å². The van der Waals surface area contributed by atoms with Crippen LogP contribution >= 0.6 is 11.6 Å². The van der Waals surface area contributed by atoms with Gasteiger partial charge in [-0.25, -0.2) is 0 Å². The van der Waals surface area contributed by atoms with E-state index >= 15 is 0 Å². The highest BCUT2D eigenvalue weighted by Gasteiger charge is 2.00. The van der Waals surface area contributed by atoms with Crippen molar-refractivity contribution in [3.63, 3.8) is 0 Å². The fraction of sp³-hybridized carbons (Fsp3) is 0.143. The molecule has 1 N–H and O–H groups in total. The molecule has 0 aromatic heterocycles. The smallest absolute Gasteiger partial charge is 0.119 e. The first kappa shape index (κ1) is 11.8. The fourth-order valence-corrected chi connectivity index (χ4v) is 1.82. The molecule has 0 fully saturated rings. The van der Waals surface area contributed by atoms with Crippen LogP contribution in [-0.2, 0) is 0 Å². The minimum Gasteiger partial charge on any atom is -0.497 e. The van der Waals surface area contributed by atoms with E-state index in [-0.39, 0.29) is 0 Å². The molecule has 0 heterocycles. The largest absolute Gasteiger partial charge is 0.497 e. The summed E-state index contributed by atoms with van der Waals surface area (Å²) in [4.78, 5) is 0. The molecule has 88 valence electrons. The zero-order valence-electron chi connectivity index (χ0n) is 9.83. The van der Waals surface area contributed by atoms with Crippen LogP contribution in [0.3, 0.4) is 0 Å². The lowest BCUT2D eigenvalue weighted by Crippen LogP contribution is -1.93. The summed E-state index contributed by atoms with van der Waals surface area (Å²) in [6.45, 7) is 2.03. The maximum Gasteiger partial charge on any atom is 0.119 e. The average Bonchev–Trinajstić information content (AvgIpc) is 2.34. The molecule has 0 amide bonds. The van der Waals surface area contributed by atoms with E-state index in [1.54, 1.807) is 7.11 Å². The molecule has 0 bridgehead atoms. The molecule has 2 nitrogen and oxygen atoms in total. The molecule has 17 heavy (non-hydrogen) atoms. The molecule has 3 heteroatoms. The van der Waals surface area contributed by atoms with E-state index in [0.717, 1.165) is 27.7 Å². The predicted octanol–water partition coefficient (Wildman–Crippen LogP) is 4.40. The van der Waals surface area contributed by atoms with Crippen LogP contribution in [0.15, 0.2) is 42.5 Å². The summed E-state index contributed by atoms with van der Waals surface area (Å²) >= 11 is 5.92. The fourth-order valence-electron chi connectivity index (χ4n) is 1.60. The Bertz CT molecular complexity index is 508. The number of hydrogen-bond donors (Lipinski definition) is 1. The lowest BCUT2D eigenvalue weighted by atomic mass is 10.2. The molecular weight excluding hydrogens is 234 g/mol. The van der Waals surface area contributed by atoms with Gasteiger partial charge in [-0.1, -0.05) is 11.6 Å². The van der Waals surface area contributed by atoms with Crippen molar-refractivity contribution in [3.8, 4) is 5.75 Å². The van der Waals surface area contributed by atoms with Crippen molar-refractivity contribution in [2.75, 3.05) is 12.4 Å². The van der Waals surface area contributed by atoms with E-state index in [1.807, 2.05) is 49.4 Å². The lowest BCUT2D eigenvalue weighted by molar-refractivity contribution is 0.415. The second-order valence-electron chi connectivity index (χ2n) is 3.81. The van der Waals surface area contributed by atoms with Gasteiger partial charge >= 0.3 is 0 Å². The zero-order valence-corrected chi connectivity index (χ0v) is 10.6. The van der Waals surface area contributed by atoms with Crippen molar-refractivity contribution in [2.24, 2.45) is 0 Å². The summed E-state index contributed by atoms with van der Waals surface area (Å²) in [6, 6.07) is 13.6. The third-order valence-electron chi connectivity index (χ3n) is 2.56.